The van der Waals surface area contributed by atoms with Crippen molar-refractivity contribution in [3.05, 3.63) is 29.3 Å². The van der Waals surface area contributed by atoms with Crippen molar-refractivity contribution in [3.8, 4) is 0 Å². The molecule has 96 valence electrons. The van der Waals surface area contributed by atoms with Gasteiger partial charge in [-0.3, -0.25) is 4.79 Å². The molecule has 0 unspecified atom stereocenters. The van der Waals surface area contributed by atoms with Crippen LogP contribution in [0.2, 0.25) is 0 Å². The van der Waals surface area contributed by atoms with Gasteiger partial charge in [-0.1, -0.05) is 18.6 Å². The van der Waals surface area contributed by atoms with Crippen LogP contribution in [-0.4, -0.2) is 23.5 Å². The lowest BCUT2D eigenvalue weighted by Gasteiger charge is -2.23. The zero-order valence-electron chi connectivity index (χ0n) is 10.5. The fourth-order valence-electron chi connectivity index (χ4n) is 2.39. The number of aromatic carboxylic acids is 1. The van der Waals surface area contributed by atoms with Gasteiger partial charge in [-0.25, -0.2) is 4.79 Å². The Bertz CT molecular complexity index is 482. The molecule has 1 amide bonds. The fraction of sp³-hybridized carbons (Fsp3) is 0.429. The average Bonchev–Trinajstić information content (AvgIpc) is 2.53. The molecular weight excluding hydrogens is 230 g/mol. The van der Waals surface area contributed by atoms with E-state index >= 15 is 0 Å². The highest BCUT2D eigenvalue weighted by Gasteiger charge is 2.23. The van der Waals surface area contributed by atoms with Crippen LogP contribution in [0.1, 0.15) is 41.6 Å². The highest BCUT2D eigenvalue weighted by atomic mass is 16.4. The minimum Gasteiger partial charge on any atom is -0.478 e. The topological polar surface area (TPSA) is 57.6 Å². The van der Waals surface area contributed by atoms with Crippen LogP contribution in [0.4, 0.5) is 5.69 Å². The molecule has 1 fully saturated rings. The summed E-state index contributed by atoms with van der Waals surface area (Å²) in [6, 6.07) is 5.28. The normalized spacial score (nSPS) is 16.5. The molecule has 0 bridgehead atoms. The molecule has 1 N–H and O–H groups in total. The predicted molar refractivity (Wildman–Crippen MR) is 69.0 cm³/mol. The highest BCUT2D eigenvalue weighted by molar-refractivity contribution is 6.02. The van der Waals surface area contributed by atoms with E-state index in [2.05, 4.69) is 0 Å². The zero-order valence-corrected chi connectivity index (χ0v) is 10.5. The smallest absolute Gasteiger partial charge is 0.338 e. The number of aryl methyl sites for hydroxylation is 1. The molecule has 0 radical (unpaired) electrons. The van der Waals surface area contributed by atoms with Crippen molar-refractivity contribution in [2.75, 3.05) is 11.4 Å². The summed E-state index contributed by atoms with van der Waals surface area (Å²) >= 11 is 0. The van der Waals surface area contributed by atoms with E-state index in [0.29, 0.717) is 24.2 Å². The van der Waals surface area contributed by atoms with Gasteiger partial charge in [0.05, 0.1) is 11.3 Å². The van der Waals surface area contributed by atoms with E-state index in [1.807, 2.05) is 0 Å². The van der Waals surface area contributed by atoms with E-state index in [4.69, 9.17) is 0 Å². The third kappa shape index (κ3) is 2.37. The number of nitrogens with zero attached hydrogens (tertiary/aromatic N) is 1. The molecule has 0 saturated carbocycles. The van der Waals surface area contributed by atoms with E-state index in [1.54, 1.807) is 30.0 Å². The van der Waals surface area contributed by atoms with Crippen LogP contribution in [0.15, 0.2) is 18.2 Å². The summed E-state index contributed by atoms with van der Waals surface area (Å²) < 4.78 is 0. The quantitative estimate of drug-likeness (QED) is 0.873. The number of rotatable bonds is 2. The first kappa shape index (κ1) is 12.6. The largest absolute Gasteiger partial charge is 0.478 e. The first-order chi connectivity index (χ1) is 8.61. The summed E-state index contributed by atoms with van der Waals surface area (Å²) in [5, 5.41) is 9.30. The Labute approximate surface area is 106 Å². The van der Waals surface area contributed by atoms with Gasteiger partial charge in [-0.05, 0) is 31.4 Å². The van der Waals surface area contributed by atoms with Crippen LogP contribution in [0, 0.1) is 6.92 Å². The maximum atomic E-state index is 12.0. The van der Waals surface area contributed by atoms with Crippen molar-refractivity contribution in [2.45, 2.75) is 32.6 Å². The lowest BCUT2D eigenvalue weighted by atomic mass is 10.1. The minimum absolute atomic E-state index is 0.0283. The van der Waals surface area contributed by atoms with Crippen molar-refractivity contribution in [1.82, 2.24) is 0 Å². The summed E-state index contributed by atoms with van der Waals surface area (Å²) in [4.78, 5) is 25.0. The maximum Gasteiger partial charge on any atom is 0.338 e. The van der Waals surface area contributed by atoms with Crippen molar-refractivity contribution in [1.29, 1.82) is 0 Å². The maximum absolute atomic E-state index is 12.0. The average molecular weight is 247 g/mol. The molecule has 0 aromatic heterocycles. The first-order valence-electron chi connectivity index (χ1n) is 6.24. The molecule has 1 aromatic carbocycles. The molecule has 1 aliphatic heterocycles. The molecule has 18 heavy (non-hydrogen) atoms. The molecule has 2 rings (SSSR count). The Kier molecular flexibility index (Phi) is 3.65. The summed E-state index contributed by atoms with van der Waals surface area (Å²) in [6.45, 7) is 2.37. The van der Waals surface area contributed by atoms with Crippen LogP contribution in [-0.2, 0) is 4.79 Å². The molecule has 1 aliphatic rings. The zero-order chi connectivity index (χ0) is 13.1. The molecule has 0 spiro atoms. The lowest BCUT2D eigenvalue weighted by Crippen LogP contribution is -2.31. The van der Waals surface area contributed by atoms with Gasteiger partial charge in [-0.2, -0.15) is 0 Å². The van der Waals surface area contributed by atoms with Gasteiger partial charge in [-0.15, -0.1) is 0 Å². The number of carboxylic acids is 1. The molecule has 4 heteroatoms. The second-order valence-corrected chi connectivity index (χ2v) is 4.63. The van der Waals surface area contributed by atoms with E-state index in [9.17, 15) is 14.7 Å². The third-order valence-electron chi connectivity index (χ3n) is 3.33. The Morgan fingerprint density at radius 1 is 1.28 bits per heavy atom. The van der Waals surface area contributed by atoms with Crippen molar-refractivity contribution < 1.29 is 14.7 Å². The summed E-state index contributed by atoms with van der Waals surface area (Å²) in [6.07, 6.45) is 3.35. The van der Waals surface area contributed by atoms with Crippen LogP contribution in [0.3, 0.4) is 0 Å². The number of hydrogen-bond donors (Lipinski definition) is 1. The van der Waals surface area contributed by atoms with E-state index in [0.717, 1.165) is 19.3 Å². The van der Waals surface area contributed by atoms with Crippen LogP contribution >= 0.6 is 0 Å². The minimum atomic E-state index is -0.972. The number of amides is 1. The fourth-order valence-corrected chi connectivity index (χ4v) is 2.39. The van der Waals surface area contributed by atoms with Crippen molar-refractivity contribution >= 4 is 17.6 Å². The van der Waals surface area contributed by atoms with Crippen LogP contribution < -0.4 is 4.90 Å². The summed E-state index contributed by atoms with van der Waals surface area (Å²) in [5.74, 6) is -0.944. The Morgan fingerprint density at radius 2 is 2.06 bits per heavy atom. The van der Waals surface area contributed by atoms with Gasteiger partial charge in [0.2, 0.25) is 5.91 Å². The standard InChI is InChI=1S/C14H17NO3/c1-10-6-5-7-11(13(10)14(17)18)15-9-4-2-3-8-12(15)16/h5-7H,2-4,8-9H2,1H3,(H,17,18). The lowest BCUT2D eigenvalue weighted by molar-refractivity contribution is -0.118. The molecule has 1 saturated heterocycles. The first-order valence-corrected chi connectivity index (χ1v) is 6.24. The molecule has 1 aromatic rings. The van der Waals surface area contributed by atoms with Crippen LogP contribution in [0.5, 0.6) is 0 Å². The number of anilines is 1. The number of carbonyl (C=O) groups is 2. The SMILES string of the molecule is Cc1cccc(N2CCCCCC2=O)c1C(=O)O. The van der Waals surface area contributed by atoms with Crippen molar-refractivity contribution in [3.63, 3.8) is 0 Å². The predicted octanol–water partition coefficient (Wildman–Crippen LogP) is 2.60. The van der Waals surface area contributed by atoms with Crippen molar-refractivity contribution in [2.24, 2.45) is 0 Å². The Balaban J connectivity index is 2.46. The monoisotopic (exact) mass is 247 g/mol. The molecule has 1 heterocycles. The van der Waals surface area contributed by atoms with Gasteiger partial charge in [0.15, 0.2) is 0 Å². The Morgan fingerprint density at radius 3 is 2.78 bits per heavy atom. The second-order valence-electron chi connectivity index (χ2n) is 4.63. The number of hydrogen-bond acceptors (Lipinski definition) is 2. The molecule has 0 atom stereocenters. The van der Waals surface area contributed by atoms with E-state index < -0.39 is 5.97 Å². The molecular formula is C14H17NO3. The third-order valence-corrected chi connectivity index (χ3v) is 3.33. The van der Waals surface area contributed by atoms with E-state index in [-0.39, 0.29) is 11.5 Å². The van der Waals surface area contributed by atoms with Gasteiger partial charge in [0, 0.05) is 13.0 Å². The van der Waals surface area contributed by atoms with Gasteiger partial charge < -0.3 is 10.0 Å². The van der Waals surface area contributed by atoms with Crippen LogP contribution in [0.25, 0.3) is 0 Å². The van der Waals surface area contributed by atoms with E-state index in [1.165, 1.54) is 0 Å². The number of carboxylic acid groups (broad SMARTS) is 1. The molecule has 4 nitrogen and oxygen atoms in total. The Hall–Kier alpha value is -1.84. The number of benzene rings is 1. The second kappa shape index (κ2) is 5.21. The summed E-state index contributed by atoms with van der Waals surface area (Å²) in [5.41, 5.74) is 1.47. The van der Waals surface area contributed by atoms with Gasteiger partial charge in [0.1, 0.15) is 0 Å². The highest BCUT2D eigenvalue weighted by Crippen LogP contribution is 2.26. The van der Waals surface area contributed by atoms with Gasteiger partial charge in [0.25, 0.3) is 0 Å². The van der Waals surface area contributed by atoms with Gasteiger partial charge >= 0.3 is 5.97 Å². The molecule has 0 aliphatic carbocycles. The summed E-state index contributed by atoms with van der Waals surface area (Å²) in [7, 11) is 0. The number of carbonyl (C=O) groups excluding carboxylic acids is 1.